The first-order chi connectivity index (χ1) is 16.5. The van der Waals surface area contributed by atoms with Crippen molar-refractivity contribution in [3.63, 3.8) is 0 Å². The number of carbonyl (C=O) groups is 1. The highest BCUT2D eigenvalue weighted by Crippen LogP contribution is 2.29. The van der Waals surface area contributed by atoms with E-state index in [0.29, 0.717) is 59.9 Å². The minimum atomic E-state index is -0.772. The second kappa shape index (κ2) is 9.18. The summed E-state index contributed by atoms with van der Waals surface area (Å²) in [7, 11) is 1.62. The second-order valence-corrected chi connectivity index (χ2v) is 8.36. The Kier molecular flexibility index (Phi) is 5.93. The summed E-state index contributed by atoms with van der Waals surface area (Å²) in [6, 6.07) is 4.94. The normalized spacial score (nSPS) is 17.9. The SMILES string of the molecule is COCCn1cc(-c2ccc(-n3cnc4cnc(N[C@@H]5CC[C@@H](C(=O)O)C5)nc43)cc2F)cn1. The monoisotopic (exact) mass is 465 g/mol. The van der Waals surface area contributed by atoms with Crippen LogP contribution in [0.25, 0.3) is 28.0 Å². The molecule has 0 bridgehead atoms. The molecule has 176 valence electrons. The molecule has 10 nitrogen and oxygen atoms in total. The van der Waals surface area contributed by atoms with Crippen molar-refractivity contribution in [2.75, 3.05) is 19.0 Å². The van der Waals surface area contributed by atoms with Crippen LogP contribution in [0.5, 0.6) is 0 Å². The van der Waals surface area contributed by atoms with Crippen LogP contribution in [0, 0.1) is 11.7 Å². The van der Waals surface area contributed by atoms with Crippen LogP contribution in [-0.2, 0) is 16.1 Å². The molecule has 0 radical (unpaired) electrons. The molecule has 1 aromatic carbocycles. The van der Waals surface area contributed by atoms with Gasteiger partial charge in [0.05, 0.1) is 37.2 Å². The number of nitrogens with one attached hydrogen (secondary N) is 1. The number of fused-ring (bicyclic) bond motifs is 1. The average Bonchev–Trinajstić information content (AvgIpc) is 3.57. The van der Waals surface area contributed by atoms with E-state index in [1.807, 2.05) is 0 Å². The van der Waals surface area contributed by atoms with Gasteiger partial charge in [0.2, 0.25) is 5.95 Å². The van der Waals surface area contributed by atoms with Crippen molar-refractivity contribution in [2.24, 2.45) is 5.92 Å². The van der Waals surface area contributed by atoms with Crippen molar-refractivity contribution in [3.05, 3.63) is 48.9 Å². The van der Waals surface area contributed by atoms with E-state index in [-0.39, 0.29) is 17.8 Å². The maximum absolute atomic E-state index is 15.1. The highest BCUT2D eigenvalue weighted by atomic mass is 19.1. The molecule has 34 heavy (non-hydrogen) atoms. The van der Waals surface area contributed by atoms with Gasteiger partial charge in [-0.25, -0.2) is 14.4 Å². The number of imidazole rings is 1. The van der Waals surface area contributed by atoms with E-state index < -0.39 is 5.97 Å². The Bertz CT molecular complexity index is 1340. The highest BCUT2D eigenvalue weighted by molar-refractivity contribution is 5.74. The van der Waals surface area contributed by atoms with Crippen LogP contribution in [0.4, 0.5) is 10.3 Å². The summed E-state index contributed by atoms with van der Waals surface area (Å²) in [6.45, 7) is 1.11. The van der Waals surface area contributed by atoms with Crippen molar-refractivity contribution in [1.82, 2.24) is 29.3 Å². The Labute approximate surface area is 194 Å². The van der Waals surface area contributed by atoms with E-state index in [1.165, 1.54) is 6.07 Å². The molecule has 4 aromatic rings. The van der Waals surface area contributed by atoms with Crippen molar-refractivity contribution in [1.29, 1.82) is 0 Å². The summed E-state index contributed by atoms with van der Waals surface area (Å²) in [6.07, 6.45) is 8.50. The van der Waals surface area contributed by atoms with Crippen molar-refractivity contribution in [2.45, 2.75) is 31.8 Å². The Morgan fingerprint density at radius 2 is 2.18 bits per heavy atom. The predicted octanol–water partition coefficient (Wildman–Crippen LogP) is 3.13. The number of nitrogens with zero attached hydrogens (tertiary/aromatic N) is 6. The standard InChI is InChI=1S/C23H24FN7O3/c1-34-7-6-30-12-15(10-27-30)18-5-4-17(9-19(18)24)31-13-26-20-11-25-23(29-21(20)31)28-16-3-2-14(8-16)22(32)33/h4-5,9-14,16H,2-3,6-8H2,1H3,(H,32,33)(H,25,28,29)/t14-,16-/m1/s1. The zero-order chi connectivity index (χ0) is 23.7. The first-order valence-corrected chi connectivity index (χ1v) is 11.0. The Balaban J connectivity index is 1.38. The van der Waals surface area contributed by atoms with Crippen LogP contribution in [0.15, 0.2) is 43.1 Å². The zero-order valence-electron chi connectivity index (χ0n) is 18.6. The van der Waals surface area contributed by atoms with Gasteiger partial charge in [-0.2, -0.15) is 10.1 Å². The molecule has 5 rings (SSSR count). The minimum Gasteiger partial charge on any atom is -0.481 e. The van der Waals surface area contributed by atoms with E-state index in [4.69, 9.17) is 4.74 Å². The molecule has 1 aliphatic rings. The number of ether oxygens (including phenoxy) is 1. The molecule has 0 aliphatic heterocycles. The number of hydrogen-bond acceptors (Lipinski definition) is 7. The van der Waals surface area contributed by atoms with Gasteiger partial charge in [0.15, 0.2) is 5.65 Å². The van der Waals surface area contributed by atoms with Gasteiger partial charge >= 0.3 is 5.97 Å². The number of benzene rings is 1. The first-order valence-electron chi connectivity index (χ1n) is 11.0. The van der Waals surface area contributed by atoms with Crippen LogP contribution in [0.1, 0.15) is 19.3 Å². The average molecular weight is 465 g/mol. The third-order valence-electron chi connectivity index (χ3n) is 6.11. The first kappa shape index (κ1) is 22.0. The molecule has 2 N–H and O–H groups in total. The Hall–Kier alpha value is -3.86. The molecule has 1 fully saturated rings. The minimum absolute atomic E-state index is 0.00328. The van der Waals surface area contributed by atoms with E-state index in [9.17, 15) is 9.90 Å². The summed E-state index contributed by atoms with van der Waals surface area (Å²) in [5.41, 5.74) is 2.81. The predicted molar refractivity (Wildman–Crippen MR) is 122 cm³/mol. The van der Waals surface area contributed by atoms with Crippen molar-refractivity contribution in [3.8, 4) is 16.8 Å². The third-order valence-corrected chi connectivity index (χ3v) is 6.11. The smallest absolute Gasteiger partial charge is 0.306 e. The number of aliphatic carboxylic acids is 1. The fourth-order valence-electron chi connectivity index (χ4n) is 4.29. The Morgan fingerprint density at radius 3 is 2.94 bits per heavy atom. The number of rotatable bonds is 8. The molecule has 0 spiro atoms. The molecule has 11 heteroatoms. The molecular formula is C23H24FN7O3. The fourth-order valence-corrected chi connectivity index (χ4v) is 4.29. The van der Waals surface area contributed by atoms with Crippen LogP contribution < -0.4 is 5.32 Å². The number of hydrogen-bond donors (Lipinski definition) is 2. The third kappa shape index (κ3) is 4.34. The quantitative estimate of drug-likeness (QED) is 0.407. The number of carboxylic acids is 1. The highest BCUT2D eigenvalue weighted by Gasteiger charge is 2.30. The molecule has 0 saturated heterocycles. The molecule has 2 atom stereocenters. The van der Waals surface area contributed by atoms with Gasteiger partial charge in [0.1, 0.15) is 17.7 Å². The number of anilines is 1. The molecule has 3 heterocycles. The van der Waals surface area contributed by atoms with Gasteiger partial charge < -0.3 is 15.2 Å². The van der Waals surface area contributed by atoms with E-state index in [0.717, 1.165) is 6.42 Å². The maximum Gasteiger partial charge on any atom is 0.306 e. The molecule has 1 aliphatic carbocycles. The lowest BCUT2D eigenvalue weighted by Gasteiger charge is -2.12. The summed E-state index contributed by atoms with van der Waals surface area (Å²) >= 11 is 0. The van der Waals surface area contributed by atoms with Crippen LogP contribution >= 0.6 is 0 Å². The molecule has 3 aromatic heterocycles. The summed E-state index contributed by atoms with van der Waals surface area (Å²) in [5, 5.41) is 16.7. The molecule has 0 unspecified atom stereocenters. The second-order valence-electron chi connectivity index (χ2n) is 8.36. The Morgan fingerprint density at radius 1 is 1.29 bits per heavy atom. The maximum atomic E-state index is 15.1. The topological polar surface area (TPSA) is 120 Å². The van der Waals surface area contributed by atoms with Gasteiger partial charge in [-0.1, -0.05) is 0 Å². The largest absolute Gasteiger partial charge is 0.481 e. The molecule has 1 saturated carbocycles. The van der Waals surface area contributed by atoms with E-state index in [1.54, 1.807) is 53.4 Å². The van der Waals surface area contributed by atoms with Gasteiger partial charge in [-0.05, 0) is 37.5 Å². The van der Waals surface area contributed by atoms with Crippen LogP contribution in [0.3, 0.4) is 0 Å². The number of methoxy groups -OCH3 is 1. The van der Waals surface area contributed by atoms with E-state index >= 15 is 4.39 Å². The molecule has 0 amide bonds. The lowest BCUT2D eigenvalue weighted by atomic mass is 10.1. The fraction of sp³-hybridized carbons (Fsp3) is 0.348. The lowest BCUT2D eigenvalue weighted by molar-refractivity contribution is -0.141. The van der Waals surface area contributed by atoms with Gasteiger partial charge in [0, 0.05) is 30.5 Å². The van der Waals surface area contributed by atoms with Gasteiger partial charge in [-0.15, -0.1) is 0 Å². The van der Waals surface area contributed by atoms with E-state index in [2.05, 4.69) is 25.4 Å². The summed E-state index contributed by atoms with van der Waals surface area (Å²) in [5.74, 6) is -1.11. The van der Waals surface area contributed by atoms with Crippen molar-refractivity contribution >= 4 is 23.1 Å². The van der Waals surface area contributed by atoms with Gasteiger partial charge in [-0.3, -0.25) is 14.0 Å². The van der Waals surface area contributed by atoms with Crippen molar-refractivity contribution < 1.29 is 19.0 Å². The molecular weight excluding hydrogens is 441 g/mol. The number of halogens is 1. The lowest BCUT2D eigenvalue weighted by Crippen LogP contribution is -2.19. The summed E-state index contributed by atoms with van der Waals surface area (Å²) in [4.78, 5) is 24.4. The zero-order valence-corrected chi connectivity index (χ0v) is 18.6. The van der Waals surface area contributed by atoms with Crippen LogP contribution in [0.2, 0.25) is 0 Å². The van der Waals surface area contributed by atoms with Gasteiger partial charge in [0.25, 0.3) is 0 Å². The van der Waals surface area contributed by atoms with Crippen LogP contribution in [-0.4, -0.2) is 60.1 Å². The number of carboxylic acid groups (broad SMARTS) is 1. The summed E-state index contributed by atoms with van der Waals surface area (Å²) < 4.78 is 23.5. The number of aromatic nitrogens is 6.